The summed E-state index contributed by atoms with van der Waals surface area (Å²) in [4.78, 5) is 14.5. The van der Waals surface area contributed by atoms with Crippen molar-refractivity contribution in [3.05, 3.63) is 82.2 Å². The van der Waals surface area contributed by atoms with Gasteiger partial charge in [-0.05, 0) is 37.4 Å². The zero-order valence-corrected chi connectivity index (χ0v) is 21.3. The molecule has 0 heterocycles. The molecule has 2 atom stereocenters. The first-order valence-corrected chi connectivity index (χ1v) is 11.9. The Kier molecular flexibility index (Phi) is 13.9. The van der Waals surface area contributed by atoms with E-state index in [4.69, 9.17) is 20.2 Å². The van der Waals surface area contributed by atoms with E-state index in [0.717, 1.165) is 17.4 Å². The van der Waals surface area contributed by atoms with Gasteiger partial charge in [-0.3, -0.25) is 4.18 Å². The van der Waals surface area contributed by atoms with E-state index in [9.17, 15) is 13.2 Å². The molecular weight excluding hydrogens is 482 g/mol. The fourth-order valence-electron chi connectivity index (χ4n) is 2.48. The average Bonchev–Trinajstić information content (AvgIpc) is 2.74. The number of nitrogens with two attached hydrogens (primary N) is 1. The molecule has 1 amide bonds. The molecule has 34 heavy (non-hydrogen) atoms. The molecule has 188 valence electrons. The predicted molar refractivity (Wildman–Crippen MR) is 134 cm³/mol. The predicted octanol–water partition coefficient (Wildman–Crippen LogP) is 4.65. The molecule has 0 spiro atoms. The van der Waals surface area contributed by atoms with Crippen molar-refractivity contribution in [2.45, 2.75) is 38.5 Å². The normalized spacial score (nSPS) is 12.5. The topological polar surface area (TPSA) is 156 Å². The summed E-state index contributed by atoms with van der Waals surface area (Å²) in [6, 6.07) is 17.7. The van der Waals surface area contributed by atoms with Crippen LogP contribution in [0, 0.1) is 0 Å². The molecule has 0 saturated carbocycles. The Bertz CT molecular complexity index is 1010. The van der Waals surface area contributed by atoms with Gasteiger partial charge in [0, 0.05) is 17.5 Å². The molecule has 10 nitrogen and oxygen atoms in total. The number of azide groups is 1. The number of ether oxygens (including phenoxy) is 1. The maximum Gasteiger partial charge on any atom is 0.408 e. The van der Waals surface area contributed by atoms with E-state index in [2.05, 4.69) is 15.3 Å². The highest BCUT2D eigenvalue weighted by Crippen LogP contribution is 2.16. The number of carbonyl (C=O) groups is 1. The van der Waals surface area contributed by atoms with Gasteiger partial charge in [0.15, 0.2) is 0 Å². The smallest absolute Gasteiger partial charge is 0.408 e. The second-order valence-electron chi connectivity index (χ2n) is 8.03. The zero-order chi connectivity index (χ0) is 24.9. The Morgan fingerprint density at radius 1 is 1.09 bits per heavy atom. The fourth-order valence-corrected chi connectivity index (χ4v) is 2.86. The molecule has 2 rings (SSSR count). The Labute approximate surface area is 207 Å². The van der Waals surface area contributed by atoms with Crippen molar-refractivity contribution in [3.8, 4) is 0 Å². The molecule has 0 aliphatic carbocycles. The van der Waals surface area contributed by atoms with Crippen LogP contribution in [-0.4, -0.2) is 39.5 Å². The van der Waals surface area contributed by atoms with Crippen molar-refractivity contribution in [3.63, 3.8) is 0 Å². The maximum absolute atomic E-state index is 11.8. The number of amides is 1. The lowest BCUT2D eigenvalue weighted by Crippen LogP contribution is -2.37. The molecule has 0 aliphatic rings. The van der Waals surface area contributed by atoms with E-state index < -0.39 is 27.9 Å². The summed E-state index contributed by atoms with van der Waals surface area (Å²) in [7, 11) is -3.59. The largest absolute Gasteiger partial charge is 0.444 e. The van der Waals surface area contributed by atoms with E-state index in [1.165, 1.54) is 0 Å². The summed E-state index contributed by atoms with van der Waals surface area (Å²) in [6.45, 7) is 5.36. The molecule has 0 fully saturated rings. The molecule has 3 N–H and O–H groups in total. The van der Waals surface area contributed by atoms with Gasteiger partial charge in [-0.25, -0.2) is 4.79 Å². The van der Waals surface area contributed by atoms with Crippen molar-refractivity contribution in [2.75, 3.05) is 19.4 Å². The van der Waals surface area contributed by atoms with Gasteiger partial charge in [0.25, 0.3) is 10.1 Å². The van der Waals surface area contributed by atoms with Crippen LogP contribution in [0.4, 0.5) is 4.79 Å². The lowest BCUT2D eigenvalue weighted by atomic mass is 10.1. The van der Waals surface area contributed by atoms with Crippen molar-refractivity contribution < 1.29 is 22.1 Å². The van der Waals surface area contributed by atoms with Crippen molar-refractivity contribution >= 4 is 28.6 Å². The van der Waals surface area contributed by atoms with Crippen molar-refractivity contribution in [2.24, 2.45) is 10.8 Å². The van der Waals surface area contributed by atoms with Gasteiger partial charge in [-0.1, -0.05) is 65.8 Å². The lowest BCUT2D eigenvalue weighted by molar-refractivity contribution is 0.0487. The minimum Gasteiger partial charge on any atom is -0.444 e. The summed E-state index contributed by atoms with van der Waals surface area (Å²) in [5.74, 6) is 0. The number of alkyl carbamates (subject to hydrolysis) is 1. The number of hydrogen-bond acceptors (Lipinski definition) is 7. The molecule has 0 aliphatic heterocycles. The number of halogens is 1. The van der Waals surface area contributed by atoms with Crippen LogP contribution in [0.1, 0.15) is 44.0 Å². The van der Waals surface area contributed by atoms with Crippen LogP contribution in [0.15, 0.2) is 65.8 Å². The molecule has 12 heteroatoms. The van der Waals surface area contributed by atoms with E-state index in [1.807, 2.05) is 36.4 Å². The zero-order valence-electron chi connectivity index (χ0n) is 19.6. The Morgan fingerprint density at radius 3 is 2.03 bits per heavy atom. The van der Waals surface area contributed by atoms with Gasteiger partial charge in [0.1, 0.15) is 5.60 Å². The highest BCUT2D eigenvalue weighted by molar-refractivity contribution is 7.85. The quantitative estimate of drug-likeness (QED) is 0.226. The minimum atomic E-state index is -3.59. The van der Waals surface area contributed by atoms with E-state index in [1.54, 1.807) is 45.0 Å². The third-order valence-electron chi connectivity index (χ3n) is 3.91. The number of benzene rings is 2. The van der Waals surface area contributed by atoms with Crippen molar-refractivity contribution in [1.29, 1.82) is 0 Å². The van der Waals surface area contributed by atoms with Crippen LogP contribution >= 0.6 is 12.4 Å². The second kappa shape index (κ2) is 15.2. The van der Waals surface area contributed by atoms with Crippen LogP contribution in [0.2, 0.25) is 0 Å². The Morgan fingerprint density at radius 2 is 1.59 bits per heavy atom. The molecule has 2 aromatic carbocycles. The first kappa shape index (κ1) is 31.2. The summed E-state index contributed by atoms with van der Waals surface area (Å²) in [5.41, 5.74) is 14.9. The molecule has 0 radical (unpaired) electrons. The highest BCUT2D eigenvalue weighted by atomic mass is 35.5. The molecular formula is C22H32ClN5O5S. The average molecular weight is 514 g/mol. The molecule has 0 unspecified atom stereocenters. The standard InChI is InChI=1S/C14H21NO5S.C8H10N4.ClH/c1-14(2,3)20-13(16)15-12(10-19-21(4,17)18)11-8-6-5-7-9-11;9-8(6-11-12-10)7-4-2-1-3-5-7;/h5-9,12H,10H2,1-4H3,(H,15,16);1-5,8H,6,9H2;1H/t12-;8-;/m11./s1. The van der Waals surface area contributed by atoms with Crippen LogP contribution in [0.3, 0.4) is 0 Å². The van der Waals surface area contributed by atoms with Crippen LogP contribution < -0.4 is 11.1 Å². The summed E-state index contributed by atoms with van der Waals surface area (Å²) >= 11 is 0. The Hall–Kier alpha value is -2.82. The van der Waals surface area contributed by atoms with E-state index in [-0.39, 0.29) is 25.1 Å². The van der Waals surface area contributed by atoms with Gasteiger partial charge in [-0.2, -0.15) is 8.42 Å². The number of nitrogens with zero attached hydrogens (tertiary/aromatic N) is 3. The third kappa shape index (κ3) is 14.4. The van der Waals surface area contributed by atoms with Gasteiger partial charge in [0.05, 0.1) is 18.9 Å². The van der Waals surface area contributed by atoms with Crippen LogP contribution in [-0.2, 0) is 19.0 Å². The monoisotopic (exact) mass is 513 g/mol. The van der Waals surface area contributed by atoms with Crippen LogP contribution in [0.5, 0.6) is 0 Å². The summed E-state index contributed by atoms with van der Waals surface area (Å²) in [6.07, 6.45) is 0.330. The minimum absolute atomic E-state index is 0. The number of rotatable bonds is 8. The van der Waals surface area contributed by atoms with E-state index >= 15 is 0 Å². The SMILES string of the molecule is CC(C)(C)OC(=O)N[C@H](COS(C)(=O)=O)c1ccccc1.Cl.[N-]=[N+]=NC[C@@H](N)c1ccccc1. The van der Waals surface area contributed by atoms with E-state index in [0.29, 0.717) is 6.54 Å². The lowest BCUT2D eigenvalue weighted by Gasteiger charge is -2.23. The number of hydrogen-bond donors (Lipinski definition) is 2. The van der Waals surface area contributed by atoms with Gasteiger partial charge in [0.2, 0.25) is 0 Å². The molecule has 0 bridgehead atoms. The van der Waals surface area contributed by atoms with Gasteiger partial charge in [-0.15, -0.1) is 12.4 Å². The summed E-state index contributed by atoms with van der Waals surface area (Å²) in [5, 5.41) is 6.02. The Balaban J connectivity index is 0.000000713. The first-order valence-electron chi connectivity index (χ1n) is 10.1. The van der Waals surface area contributed by atoms with Crippen molar-refractivity contribution in [1.82, 2.24) is 5.32 Å². The first-order chi connectivity index (χ1) is 15.4. The fraction of sp³-hybridized carbons (Fsp3) is 0.409. The van der Waals surface area contributed by atoms with Gasteiger partial charge >= 0.3 is 6.09 Å². The highest BCUT2D eigenvalue weighted by Gasteiger charge is 2.21. The number of nitrogens with one attached hydrogen (secondary N) is 1. The molecule has 0 aromatic heterocycles. The molecule has 2 aromatic rings. The second-order valence-corrected chi connectivity index (χ2v) is 9.67. The summed E-state index contributed by atoms with van der Waals surface area (Å²) < 4.78 is 32.2. The number of carbonyl (C=O) groups excluding carboxylic acids is 1. The van der Waals surface area contributed by atoms with Gasteiger partial charge < -0.3 is 15.8 Å². The third-order valence-corrected chi connectivity index (χ3v) is 4.48. The molecule has 0 saturated heterocycles. The van der Waals surface area contributed by atoms with Crippen LogP contribution in [0.25, 0.3) is 10.4 Å². The maximum atomic E-state index is 11.8.